The zero-order valence-corrected chi connectivity index (χ0v) is 21.5. The SMILES string of the molecule is CC1Cn2cnnc2CN1c1nc(Cl)c(Cl)c2c1C(=O)N1CCN(C(=O)OC(C)(C)C)C[C@@H]1CO2. The maximum Gasteiger partial charge on any atom is 0.410 e. The maximum atomic E-state index is 13.9. The minimum Gasteiger partial charge on any atom is -0.489 e. The fourth-order valence-corrected chi connectivity index (χ4v) is 5.01. The number of anilines is 1. The van der Waals surface area contributed by atoms with E-state index in [1.807, 2.05) is 37.2 Å². The van der Waals surface area contributed by atoms with Crippen LogP contribution in [0.1, 0.15) is 43.9 Å². The van der Waals surface area contributed by atoms with Crippen LogP contribution in [0.4, 0.5) is 10.6 Å². The van der Waals surface area contributed by atoms with E-state index in [9.17, 15) is 9.59 Å². The highest BCUT2D eigenvalue weighted by molar-refractivity contribution is 6.42. The molecule has 0 aliphatic carbocycles. The van der Waals surface area contributed by atoms with Gasteiger partial charge in [-0.3, -0.25) is 4.79 Å². The lowest BCUT2D eigenvalue weighted by Gasteiger charge is -2.40. The number of pyridine rings is 1. The van der Waals surface area contributed by atoms with E-state index in [4.69, 9.17) is 32.7 Å². The Balaban J connectivity index is 1.48. The first kappa shape index (κ1) is 23.9. The molecule has 1 fully saturated rings. The summed E-state index contributed by atoms with van der Waals surface area (Å²) >= 11 is 12.9. The molecule has 3 aliphatic heterocycles. The van der Waals surface area contributed by atoms with Gasteiger partial charge >= 0.3 is 6.09 Å². The Labute approximate surface area is 212 Å². The summed E-state index contributed by atoms with van der Waals surface area (Å²) in [7, 11) is 0. The van der Waals surface area contributed by atoms with Crippen LogP contribution in [-0.4, -0.2) is 85.5 Å². The minimum absolute atomic E-state index is 0.0109. The monoisotopic (exact) mass is 523 g/mol. The summed E-state index contributed by atoms with van der Waals surface area (Å²) in [5.74, 6) is 1.11. The second-order valence-electron chi connectivity index (χ2n) is 10.0. The molecule has 0 radical (unpaired) electrons. The molecule has 5 heterocycles. The van der Waals surface area contributed by atoms with Crippen molar-refractivity contribution < 1.29 is 19.1 Å². The van der Waals surface area contributed by atoms with Crippen LogP contribution in [0, 0.1) is 0 Å². The van der Waals surface area contributed by atoms with Crippen molar-refractivity contribution in [3.8, 4) is 5.75 Å². The normalized spacial score (nSPS) is 22.1. The van der Waals surface area contributed by atoms with Crippen LogP contribution < -0.4 is 9.64 Å². The Hall–Kier alpha value is -2.79. The van der Waals surface area contributed by atoms with Crippen LogP contribution in [0.15, 0.2) is 6.33 Å². The minimum atomic E-state index is -0.611. The summed E-state index contributed by atoms with van der Waals surface area (Å²) in [5.41, 5.74) is -0.340. The molecule has 2 amide bonds. The number of nitrogens with zero attached hydrogens (tertiary/aromatic N) is 7. The molecule has 188 valence electrons. The number of ether oxygens (including phenoxy) is 2. The second kappa shape index (κ2) is 8.70. The summed E-state index contributed by atoms with van der Waals surface area (Å²) < 4.78 is 13.6. The van der Waals surface area contributed by atoms with Gasteiger partial charge in [-0.05, 0) is 27.7 Å². The van der Waals surface area contributed by atoms with Crippen LogP contribution in [0.3, 0.4) is 0 Å². The van der Waals surface area contributed by atoms with Crippen LogP contribution in [-0.2, 0) is 17.8 Å². The number of carbonyl (C=O) groups is 2. The van der Waals surface area contributed by atoms with E-state index in [-0.39, 0.29) is 52.6 Å². The van der Waals surface area contributed by atoms with Crippen molar-refractivity contribution in [3.63, 3.8) is 0 Å². The smallest absolute Gasteiger partial charge is 0.410 e. The summed E-state index contributed by atoms with van der Waals surface area (Å²) in [6.07, 6.45) is 1.27. The number of hydrogen-bond donors (Lipinski definition) is 0. The van der Waals surface area contributed by atoms with Crippen molar-refractivity contribution in [1.82, 2.24) is 29.5 Å². The van der Waals surface area contributed by atoms with Gasteiger partial charge in [-0.15, -0.1) is 10.2 Å². The Kier molecular flexibility index (Phi) is 5.95. The van der Waals surface area contributed by atoms with E-state index in [0.29, 0.717) is 32.0 Å². The Bertz CT molecular complexity index is 1180. The van der Waals surface area contributed by atoms with Crippen molar-refractivity contribution in [1.29, 1.82) is 0 Å². The highest BCUT2D eigenvalue weighted by Crippen LogP contribution is 2.43. The molecule has 3 aliphatic rings. The number of aromatic nitrogens is 4. The largest absolute Gasteiger partial charge is 0.489 e. The molecule has 2 atom stereocenters. The van der Waals surface area contributed by atoms with Gasteiger partial charge in [0.05, 0.1) is 12.6 Å². The Morgan fingerprint density at radius 2 is 1.97 bits per heavy atom. The van der Waals surface area contributed by atoms with Gasteiger partial charge in [0.25, 0.3) is 5.91 Å². The summed E-state index contributed by atoms with van der Waals surface area (Å²) in [6.45, 7) is 9.64. The maximum absolute atomic E-state index is 13.9. The van der Waals surface area contributed by atoms with E-state index in [0.717, 1.165) is 5.82 Å². The molecule has 0 bridgehead atoms. The number of carbonyl (C=O) groups excluding carboxylic acids is 2. The van der Waals surface area contributed by atoms with Gasteiger partial charge in [0.15, 0.2) is 16.7 Å². The first-order valence-electron chi connectivity index (χ1n) is 11.5. The van der Waals surface area contributed by atoms with Crippen LogP contribution >= 0.6 is 23.2 Å². The molecule has 0 spiro atoms. The van der Waals surface area contributed by atoms with E-state index < -0.39 is 11.7 Å². The molecule has 2 aromatic rings. The highest BCUT2D eigenvalue weighted by atomic mass is 35.5. The lowest BCUT2D eigenvalue weighted by molar-refractivity contribution is 0.000953. The molecule has 1 unspecified atom stereocenters. The summed E-state index contributed by atoms with van der Waals surface area (Å²) in [5, 5.41) is 8.32. The predicted octanol–water partition coefficient (Wildman–Crippen LogP) is 2.84. The van der Waals surface area contributed by atoms with Crippen molar-refractivity contribution in [3.05, 3.63) is 27.9 Å². The third-order valence-electron chi connectivity index (χ3n) is 6.34. The van der Waals surface area contributed by atoms with Gasteiger partial charge in [-0.1, -0.05) is 23.2 Å². The van der Waals surface area contributed by atoms with Gasteiger partial charge in [0.2, 0.25) is 0 Å². The topological polar surface area (TPSA) is 106 Å². The van der Waals surface area contributed by atoms with Crippen molar-refractivity contribution in [2.45, 2.75) is 58.5 Å². The van der Waals surface area contributed by atoms with Crippen LogP contribution in [0.5, 0.6) is 5.75 Å². The summed E-state index contributed by atoms with van der Waals surface area (Å²) in [6, 6.07) is -0.385. The molecule has 0 aromatic carbocycles. The van der Waals surface area contributed by atoms with E-state index >= 15 is 0 Å². The van der Waals surface area contributed by atoms with Crippen LogP contribution in [0.25, 0.3) is 0 Å². The highest BCUT2D eigenvalue weighted by Gasteiger charge is 2.42. The number of rotatable bonds is 1. The average molecular weight is 524 g/mol. The van der Waals surface area contributed by atoms with Gasteiger partial charge in [-0.2, -0.15) is 0 Å². The van der Waals surface area contributed by atoms with Crippen molar-refractivity contribution in [2.75, 3.05) is 31.1 Å². The van der Waals surface area contributed by atoms with Gasteiger partial charge in [0.1, 0.15) is 34.9 Å². The van der Waals surface area contributed by atoms with Gasteiger partial charge in [-0.25, -0.2) is 9.78 Å². The standard InChI is InChI=1S/C22H27Cl2N7O4/c1-12-7-29-11-25-27-14(29)9-31(12)19-15-17(16(23)18(24)26-19)34-10-13-8-28(5-6-30(13)20(15)32)21(33)35-22(2,3)4/h11-13H,5-10H2,1-4H3/t12?,13-/m1/s1. The molecular weight excluding hydrogens is 497 g/mol. The molecule has 1 saturated heterocycles. The third kappa shape index (κ3) is 4.35. The predicted molar refractivity (Wildman–Crippen MR) is 128 cm³/mol. The number of amides is 2. The Morgan fingerprint density at radius 3 is 2.71 bits per heavy atom. The molecular formula is C22H27Cl2N7O4. The average Bonchev–Trinajstić information content (AvgIpc) is 3.18. The first-order chi connectivity index (χ1) is 16.5. The van der Waals surface area contributed by atoms with Crippen molar-refractivity contribution >= 4 is 41.0 Å². The fourth-order valence-electron chi connectivity index (χ4n) is 4.65. The van der Waals surface area contributed by atoms with Crippen LogP contribution in [0.2, 0.25) is 10.2 Å². The quantitative estimate of drug-likeness (QED) is 0.525. The van der Waals surface area contributed by atoms with Gasteiger partial charge in [0, 0.05) is 32.2 Å². The zero-order chi connectivity index (χ0) is 25.1. The number of halogens is 2. The lowest BCUT2D eigenvalue weighted by Crippen LogP contribution is -2.58. The van der Waals surface area contributed by atoms with E-state index in [1.165, 1.54) is 0 Å². The number of hydrogen-bond acceptors (Lipinski definition) is 8. The fraction of sp³-hybridized carbons (Fsp3) is 0.591. The molecule has 0 N–H and O–H groups in total. The second-order valence-corrected chi connectivity index (χ2v) is 10.7. The molecule has 35 heavy (non-hydrogen) atoms. The summed E-state index contributed by atoms with van der Waals surface area (Å²) in [4.78, 5) is 36.4. The van der Waals surface area contributed by atoms with Gasteiger partial charge < -0.3 is 28.7 Å². The third-order valence-corrected chi connectivity index (χ3v) is 7.06. The van der Waals surface area contributed by atoms with E-state index in [1.54, 1.807) is 16.1 Å². The molecule has 0 saturated carbocycles. The number of fused-ring (bicyclic) bond motifs is 3. The lowest BCUT2D eigenvalue weighted by atomic mass is 10.1. The first-order valence-corrected chi connectivity index (χ1v) is 12.2. The van der Waals surface area contributed by atoms with Crippen molar-refractivity contribution in [2.24, 2.45) is 0 Å². The zero-order valence-electron chi connectivity index (χ0n) is 20.0. The molecule has 5 rings (SSSR count). The van der Waals surface area contributed by atoms with E-state index in [2.05, 4.69) is 15.2 Å². The molecule has 11 nitrogen and oxygen atoms in total. The molecule has 13 heteroatoms. The number of piperazine rings is 1. The Morgan fingerprint density at radius 1 is 1.20 bits per heavy atom. The molecule has 2 aromatic heterocycles.